The van der Waals surface area contributed by atoms with Gasteiger partial charge in [0.1, 0.15) is 0 Å². The van der Waals surface area contributed by atoms with Crippen molar-refractivity contribution in [1.29, 1.82) is 0 Å². The molecule has 0 spiro atoms. The first-order chi connectivity index (χ1) is 5.92. The smallest absolute Gasteiger partial charge is 0.0689 e. The molecule has 0 aromatic heterocycles. The van der Waals surface area contributed by atoms with Gasteiger partial charge >= 0.3 is 0 Å². The zero-order valence-electron chi connectivity index (χ0n) is 8.34. The summed E-state index contributed by atoms with van der Waals surface area (Å²) >= 11 is 6.27. The average molecular weight is 202 g/mol. The summed E-state index contributed by atoms with van der Waals surface area (Å²) in [5.74, 6) is 0.477. The van der Waals surface area contributed by atoms with Gasteiger partial charge in [-0.05, 0) is 18.8 Å². The Morgan fingerprint density at radius 3 is 2.38 bits per heavy atom. The van der Waals surface area contributed by atoms with E-state index in [2.05, 4.69) is 25.9 Å². The molecule has 13 heavy (non-hydrogen) atoms. The third-order valence-electron chi connectivity index (χ3n) is 3.96. The van der Waals surface area contributed by atoms with Crippen molar-refractivity contribution in [1.82, 2.24) is 0 Å². The number of alkyl halides is 1. The third-order valence-corrected chi connectivity index (χ3v) is 4.42. The molecule has 0 aromatic carbocycles. The van der Waals surface area contributed by atoms with E-state index in [-0.39, 0.29) is 16.2 Å². The van der Waals surface area contributed by atoms with Gasteiger partial charge in [0.25, 0.3) is 0 Å². The summed E-state index contributed by atoms with van der Waals surface area (Å²) in [6.07, 6.45) is 2.04. The molecule has 2 nitrogen and oxygen atoms in total. The van der Waals surface area contributed by atoms with Crippen molar-refractivity contribution in [3.8, 4) is 0 Å². The molecule has 74 valence electrons. The Kier molecular flexibility index (Phi) is 1.73. The van der Waals surface area contributed by atoms with Crippen LogP contribution in [0.1, 0.15) is 33.6 Å². The van der Waals surface area contributed by atoms with Gasteiger partial charge in [-0.15, -0.1) is 11.6 Å². The fourth-order valence-electron chi connectivity index (χ4n) is 3.37. The molecule has 0 amide bonds. The lowest BCUT2D eigenvalue weighted by atomic mass is 9.71. The summed E-state index contributed by atoms with van der Waals surface area (Å²) < 4.78 is 0. The summed E-state index contributed by atoms with van der Waals surface area (Å²) in [7, 11) is 0. The standard InChI is InChI=1S/C10H16ClNO/c1-9(2)6-4-10(3,5-7(6)11)8(9)12-13/h6-7,13H,4-5H2,1-3H3/b12-8-/t6-,7-,10+/m1/s1. The summed E-state index contributed by atoms with van der Waals surface area (Å²) in [5, 5.41) is 12.8. The van der Waals surface area contributed by atoms with Crippen molar-refractivity contribution >= 4 is 17.3 Å². The second-order valence-electron chi connectivity index (χ2n) is 5.26. The van der Waals surface area contributed by atoms with Gasteiger partial charge in [-0.1, -0.05) is 25.9 Å². The lowest BCUT2D eigenvalue weighted by Gasteiger charge is -2.36. The van der Waals surface area contributed by atoms with E-state index in [4.69, 9.17) is 16.8 Å². The minimum Gasteiger partial charge on any atom is -0.411 e. The van der Waals surface area contributed by atoms with Crippen LogP contribution in [0.2, 0.25) is 0 Å². The number of oxime groups is 1. The Bertz CT molecular complexity index is 267. The van der Waals surface area contributed by atoms with E-state index in [9.17, 15) is 0 Å². The van der Waals surface area contributed by atoms with E-state index in [0.29, 0.717) is 5.92 Å². The highest BCUT2D eigenvalue weighted by Crippen LogP contribution is 2.61. The van der Waals surface area contributed by atoms with Gasteiger partial charge < -0.3 is 5.21 Å². The first-order valence-corrected chi connectivity index (χ1v) is 5.22. The molecular formula is C10H16ClNO. The van der Waals surface area contributed by atoms with Gasteiger partial charge in [0, 0.05) is 16.2 Å². The topological polar surface area (TPSA) is 32.6 Å². The highest BCUT2D eigenvalue weighted by Gasteiger charge is 2.61. The molecule has 3 heteroatoms. The zero-order chi connectivity index (χ0) is 9.85. The molecule has 0 radical (unpaired) electrons. The quantitative estimate of drug-likeness (QED) is 0.365. The van der Waals surface area contributed by atoms with E-state index in [0.717, 1.165) is 18.6 Å². The van der Waals surface area contributed by atoms with Crippen molar-refractivity contribution in [3.63, 3.8) is 0 Å². The van der Waals surface area contributed by atoms with Crippen molar-refractivity contribution in [2.24, 2.45) is 21.9 Å². The minimum absolute atomic E-state index is 0.0197. The highest BCUT2D eigenvalue weighted by molar-refractivity contribution is 6.22. The normalized spacial score (nSPS) is 50.3. The summed E-state index contributed by atoms with van der Waals surface area (Å²) in [6, 6.07) is 0. The summed E-state index contributed by atoms with van der Waals surface area (Å²) in [5.41, 5.74) is 0.977. The number of hydrogen-bond donors (Lipinski definition) is 1. The molecule has 0 heterocycles. The molecule has 2 fully saturated rings. The van der Waals surface area contributed by atoms with Crippen LogP contribution in [0.5, 0.6) is 0 Å². The summed E-state index contributed by atoms with van der Waals surface area (Å²) in [6.45, 7) is 6.42. The van der Waals surface area contributed by atoms with Gasteiger partial charge in [-0.2, -0.15) is 0 Å². The van der Waals surface area contributed by atoms with Crippen LogP contribution < -0.4 is 0 Å². The van der Waals surface area contributed by atoms with Crippen LogP contribution in [0.25, 0.3) is 0 Å². The molecule has 2 saturated carbocycles. The Morgan fingerprint density at radius 1 is 1.38 bits per heavy atom. The van der Waals surface area contributed by atoms with Crippen molar-refractivity contribution < 1.29 is 5.21 Å². The van der Waals surface area contributed by atoms with Crippen molar-refractivity contribution in [2.45, 2.75) is 39.0 Å². The predicted molar refractivity (Wildman–Crippen MR) is 53.5 cm³/mol. The fourth-order valence-corrected chi connectivity index (χ4v) is 4.12. The van der Waals surface area contributed by atoms with Gasteiger partial charge in [-0.25, -0.2) is 0 Å². The Morgan fingerprint density at radius 2 is 2.00 bits per heavy atom. The first kappa shape index (κ1) is 9.32. The minimum atomic E-state index is -0.0197. The molecule has 2 rings (SSSR count). The number of halogens is 1. The molecule has 2 aliphatic rings. The van der Waals surface area contributed by atoms with E-state index in [1.807, 2.05) is 0 Å². The molecule has 0 aliphatic heterocycles. The Balaban J connectivity index is 2.46. The lowest BCUT2D eigenvalue weighted by molar-refractivity contribution is 0.281. The maximum absolute atomic E-state index is 9.02. The van der Waals surface area contributed by atoms with Gasteiger partial charge in [0.05, 0.1) is 5.71 Å². The monoisotopic (exact) mass is 201 g/mol. The highest BCUT2D eigenvalue weighted by atomic mass is 35.5. The second kappa shape index (κ2) is 2.41. The molecule has 0 saturated heterocycles. The third kappa shape index (κ3) is 0.983. The Labute approximate surface area is 84.0 Å². The average Bonchev–Trinajstić information content (AvgIpc) is 2.35. The van der Waals surface area contributed by atoms with Crippen LogP contribution in [0.4, 0.5) is 0 Å². The van der Waals surface area contributed by atoms with Crippen LogP contribution in [-0.2, 0) is 0 Å². The number of nitrogens with zero attached hydrogens (tertiary/aromatic N) is 1. The molecular weight excluding hydrogens is 186 g/mol. The molecule has 2 bridgehead atoms. The summed E-state index contributed by atoms with van der Waals surface area (Å²) in [4.78, 5) is 0. The van der Waals surface area contributed by atoms with E-state index >= 15 is 0 Å². The Hall–Kier alpha value is -0.240. The number of hydrogen-bond acceptors (Lipinski definition) is 2. The van der Waals surface area contributed by atoms with Crippen LogP contribution in [0.15, 0.2) is 5.16 Å². The van der Waals surface area contributed by atoms with Gasteiger partial charge in [0.2, 0.25) is 0 Å². The first-order valence-electron chi connectivity index (χ1n) is 4.79. The van der Waals surface area contributed by atoms with E-state index < -0.39 is 0 Å². The lowest BCUT2D eigenvalue weighted by Crippen LogP contribution is -2.40. The predicted octanol–water partition coefficient (Wildman–Crippen LogP) is 2.88. The van der Waals surface area contributed by atoms with Crippen LogP contribution in [0.3, 0.4) is 0 Å². The maximum Gasteiger partial charge on any atom is 0.0689 e. The van der Waals surface area contributed by atoms with Crippen molar-refractivity contribution in [2.75, 3.05) is 0 Å². The molecule has 0 unspecified atom stereocenters. The number of rotatable bonds is 0. The zero-order valence-corrected chi connectivity index (χ0v) is 9.10. The largest absolute Gasteiger partial charge is 0.411 e. The molecule has 1 N–H and O–H groups in total. The van der Waals surface area contributed by atoms with Crippen LogP contribution in [0, 0.1) is 16.7 Å². The molecule has 0 aromatic rings. The van der Waals surface area contributed by atoms with Crippen LogP contribution >= 0.6 is 11.6 Å². The molecule has 2 aliphatic carbocycles. The molecule has 3 atom stereocenters. The SMILES string of the molecule is CC1(C)/C(=N/O)[C@]2(C)C[C@@H](Cl)[C@H]1C2. The van der Waals surface area contributed by atoms with Crippen LogP contribution in [-0.4, -0.2) is 16.3 Å². The number of fused-ring (bicyclic) bond motifs is 2. The van der Waals surface area contributed by atoms with E-state index in [1.165, 1.54) is 0 Å². The van der Waals surface area contributed by atoms with E-state index in [1.54, 1.807) is 0 Å². The second-order valence-corrected chi connectivity index (χ2v) is 5.82. The van der Waals surface area contributed by atoms with Crippen molar-refractivity contribution in [3.05, 3.63) is 0 Å². The fraction of sp³-hybridized carbons (Fsp3) is 0.900. The van der Waals surface area contributed by atoms with Gasteiger partial charge in [0.15, 0.2) is 0 Å². The maximum atomic E-state index is 9.02. The van der Waals surface area contributed by atoms with Gasteiger partial charge in [-0.3, -0.25) is 0 Å².